The summed E-state index contributed by atoms with van der Waals surface area (Å²) in [7, 11) is 2.91. The standard InChI is InChI=1S/C15H19F4O3Si/c1-3-20-15(22-23,21-4-2)8-6-5-7-10-9-11(16)13(18)14(19)12(10)17/h9H,3-8H2,1-2H3. The molecule has 1 aromatic rings. The smallest absolute Gasteiger partial charge is 0.272 e. The second-order valence-corrected chi connectivity index (χ2v) is 5.02. The van der Waals surface area contributed by atoms with Crippen molar-refractivity contribution in [2.75, 3.05) is 13.2 Å². The Kier molecular flexibility index (Phi) is 8.17. The molecule has 3 radical (unpaired) electrons. The number of halogens is 4. The van der Waals surface area contributed by atoms with Crippen molar-refractivity contribution in [3.05, 3.63) is 34.9 Å². The maximum Gasteiger partial charge on any atom is 0.272 e. The maximum absolute atomic E-state index is 13.5. The van der Waals surface area contributed by atoms with Gasteiger partial charge in [0.1, 0.15) is 0 Å². The number of ether oxygens (including phenoxy) is 2. The molecule has 0 aliphatic carbocycles. The van der Waals surface area contributed by atoms with Crippen LogP contribution in [-0.4, -0.2) is 29.7 Å². The number of benzene rings is 1. The van der Waals surface area contributed by atoms with Gasteiger partial charge in [0.25, 0.3) is 16.5 Å². The van der Waals surface area contributed by atoms with Crippen LogP contribution < -0.4 is 0 Å². The van der Waals surface area contributed by atoms with Gasteiger partial charge in [0.05, 0.1) is 0 Å². The van der Waals surface area contributed by atoms with Crippen LogP contribution in [0.15, 0.2) is 6.07 Å². The predicted octanol–water partition coefficient (Wildman–Crippen LogP) is 3.78. The summed E-state index contributed by atoms with van der Waals surface area (Å²) < 4.78 is 68.6. The Labute approximate surface area is 136 Å². The fraction of sp³-hybridized carbons (Fsp3) is 0.600. The zero-order valence-electron chi connectivity index (χ0n) is 13.1. The second-order valence-electron chi connectivity index (χ2n) is 4.82. The van der Waals surface area contributed by atoms with Crippen LogP contribution in [0.2, 0.25) is 0 Å². The predicted molar refractivity (Wildman–Crippen MR) is 76.7 cm³/mol. The number of unbranched alkanes of at least 4 members (excludes halogenated alkanes) is 1. The lowest BCUT2D eigenvalue weighted by Gasteiger charge is -2.31. The van der Waals surface area contributed by atoms with Crippen LogP contribution in [0.25, 0.3) is 0 Å². The molecule has 0 aliphatic heterocycles. The summed E-state index contributed by atoms with van der Waals surface area (Å²) in [5.74, 6) is -7.62. The molecule has 0 fully saturated rings. The number of aryl methyl sites for hydroxylation is 1. The molecule has 0 aromatic heterocycles. The average Bonchev–Trinajstić information content (AvgIpc) is 2.54. The molecule has 0 atom stereocenters. The molecule has 3 nitrogen and oxygen atoms in total. The summed E-state index contributed by atoms with van der Waals surface area (Å²) in [6.45, 7) is 4.26. The van der Waals surface area contributed by atoms with Crippen LogP contribution in [-0.2, 0) is 20.3 Å². The van der Waals surface area contributed by atoms with E-state index in [2.05, 4.69) is 10.5 Å². The fourth-order valence-corrected chi connectivity index (χ4v) is 2.42. The van der Waals surface area contributed by atoms with Gasteiger partial charge in [-0.2, -0.15) is 0 Å². The quantitative estimate of drug-likeness (QED) is 0.160. The third-order valence-corrected chi connectivity index (χ3v) is 3.55. The molecule has 1 aromatic carbocycles. The Morgan fingerprint density at radius 3 is 2.09 bits per heavy atom. The van der Waals surface area contributed by atoms with E-state index in [1.54, 1.807) is 13.8 Å². The minimum absolute atomic E-state index is 0.0516. The van der Waals surface area contributed by atoms with Gasteiger partial charge in [0, 0.05) is 19.6 Å². The lowest BCUT2D eigenvalue weighted by molar-refractivity contribution is -0.344. The highest BCUT2D eigenvalue weighted by Gasteiger charge is 2.30. The van der Waals surface area contributed by atoms with E-state index < -0.39 is 29.2 Å². The summed E-state index contributed by atoms with van der Waals surface area (Å²) in [6, 6.07) is 0.673. The first kappa shape index (κ1) is 20.1. The van der Waals surface area contributed by atoms with Crippen molar-refractivity contribution in [3.8, 4) is 0 Å². The van der Waals surface area contributed by atoms with Gasteiger partial charge in [-0.1, -0.05) is 0 Å². The zero-order valence-corrected chi connectivity index (χ0v) is 14.1. The Bertz CT molecular complexity index is 508. The van der Waals surface area contributed by atoms with Crippen molar-refractivity contribution in [2.45, 2.75) is 45.5 Å². The molecule has 0 amide bonds. The Morgan fingerprint density at radius 2 is 1.57 bits per heavy atom. The largest absolute Gasteiger partial charge is 0.371 e. The molecule has 0 spiro atoms. The van der Waals surface area contributed by atoms with E-state index in [0.717, 1.165) is 0 Å². The van der Waals surface area contributed by atoms with Crippen molar-refractivity contribution in [3.63, 3.8) is 0 Å². The average molecular weight is 351 g/mol. The normalized spacial score (nSPS) is 12.0. The zero-order chi connectivity index (χ0) is 17.5. The Balaban J connectivity index is 2.63. The van der Waals surface area contributed by atoms with E-state index in [0.29, 0.717) is 38.5 Å². The van der Waals surface area contributed by atoms with Gasteiger partial charge < -0.3 is 13.9 Å². The van der Waals surface area contributed by atoms with Gasteiger partial charge >= 0.3 is 0 Å². The first-order valence-corrected chi connectivity index (χ1v) is 7.76. The van der Waals surface area contributed by atoms with Gasteiger partial charge in [-0.3, -0.25) is 0 Å². The van der Waals surface area contributed by atoms with E-state index in [1.807, 2.05) is 0 Å². The Morgan fingerprint density at radius 1 is 0.957 bits per heavy atom. The van der Waals surface area contributed by atoms with Crippen molar-refractivity contribution >= 4 is 10.5 Å². The molecule has 0 saturated carbocycles. The van der Waals surface area contributed by atoms with Gasteiger partial charge in [-0.15, -0.1) is 0 Å². The van der Waals surface area contributed by atoms with Gasteiger partial charge in [-0.05, 0) is 44.7 Å². The molecular weight excluding hydrogens is 332 g/mol. The molecule has 0 N–H and O–H groups in total. The molecule has 23 heavy (non-hydrogen) atoms. The number of hydrogen-bond acceptors (Lipinski definition) is 3. The number of rotatable bonds is 10. The summed E-state index contributed by atoms with van der Waals surface area (Å²) in [5.41, 5.74) is -0.209. The van der Waals surface area contributed by atoms with Crippen LogP contribution in [0.5, 0.6) is 0 Å². The summed E-state index contributed by atoms with van der Waals surface area (Å²) in [4.78, 5) is 0. The summed E-state index contributed by atoms with van der Waals surface area (Å²) in [5, 5.41) is 0. The molecular formula is C15H19F4O3Si. The maximum atomic E-state index is 13.5. The SMILES string of the molecule is CCOC(CCCCc1cc(F)c(F)c(F)c1F)(O[Si])OCC. The molecule has 0 unspecified atom stereocenters. The second kappa shape index (κ2) is 9.36. The number of hydrogen-bond donors (Lipinski definition) is 0. The van der Waals surface area contributed by atoms with Crippen LogP contribution >= 0.6 is 0 Å². The summed E-state index contributed by atoms with van der Waals surface area (Å²) >= 11 is 0. The third-order valence-electron chi connectivity index (χ3n) is 3.24. The van der Waals surface area contributed by atoms with Crippen LogP contribution in [0.4, 0.5) is 17.6 Å². The van der Waals surface area contributed by atoms with Gasteiger partial charge in [-0.25, -0.2) is 17.6 Å². The van der Waals surface area contributed by atoms with Crippen LogP contribution in [0.1, 0.15) is 38.7 Å². The highest BCUT2D eigenvalue weighted by atomic mass is 28.2. The third kappa shape index (κ3) is 5.27. The molecule has 0 heterocycles. The van der Waals surface area contributed by atoms with Crippen LogP contribution in [0, 0.1) is 23.3 Å². The monoisotopic (exact) mass is 351 g/mol. The first-order valence-electron chi connectivity index (χ1n) is 7.35. The Hall–Kier alpha value is -0.963. The molecule has 129 valence electrons. The van der Waals surface area contributed by atoms with E-state index in [-0.39, 0.29) is 12.0 Å². The molecule has 0 bridgehead atoms. The van der Waals surface area contributed by atoms with Crippen LogP contribution in [0.3, 0.4) is 0 Å². The van der Waals surface area contributed by atoms with Crippen molar-refractivity contribution < 1.29 is 31.5 Å². The lowest BCUT2D eigenvalue weighted by Crippen LogP contribution is -2.38. The van der Waals surface area contributed by atoms with E-state index in [9.17, 15) is 17.6 Å². The minimum atomic E-state index is -1.80. The lowest BCUT2D eigenvalue weighted by atomic mass is 10.1. The van der Waals surface area contributed by atoms with Gasteiger partial charge in [0.2, 0.25) is 0 Å². The van der Waals surface area contributed by atoms with E-state index >= 15 is 0 Å². The topological polar surface area (TPSA) is 27.7 Å². The fourth-order valence-electron chi connectivity index (χ4n) is 2.20. The molecule has 0 saturated heterocycles. The van der Waals surface area contributed by atoms with Gasteiger partial charge in [0.15, 0.2) is 23.3 Å². The highest BCUT2D eigenvalue weighted by molar-refractivity contribution is 5.98. The van der Waals surface area contributed by atoms with Crippen molar-refractivity contribution in [2.24, 2.45) is 0 Å². The highest BCUT2D eigenvalue weighted by Crippen LogP contribution is 2.24. The molecule has 8 heteroatoms. The minimum Gasteiger partial charge on any atom is -0.371 e. The first-order chi connectivity index (χ1) is 10.9. The van der Waals surface area contributed by atoms with E-state index in [4.69, 9.17) is 13.9 Å². The van der Waals surface area contributed by atoms with Crippen molar-refractivity contribution in [1.29, 1.82) is 0 Å². The molecule has 1 rings (SSSR count). The van der Waals surface area contributed by atoms with E-state index in [1.165, 1.54) is 0 Å². The molecule has 0 aliphatic rings. The van der Waals surface area contributed by atoms with Crippen molar-refractivity contribution in [1.82, 2.24) is 0 Å². The summed E-state index contributed by atoms with van der Waals surface area (Å²) in [6.07, 6.45) is 1.24.